The normalized spacial score (nSPS) is 28.6. The molecule has 20 heavy (non-hydrogen) atoms. The molecule has 1 N–H and O–H groups in total. The van der Waals surface area contributed by atoms with E-state index < -0.39 is 0 Å². The fourth-order valence-electron chi connectivity index (χ4n) is 3.42. The van der Waals surface area contributed by atoms with E-state index >= 15 is 0 Å². The number of carbonyl (C=O) groups is 1. The fourth-order valence-corrected chi connectivity index (χ4v) is 3.42. The third kappa shape index (κ3) is 3.87. The van der Waals surface area contributed by atoms with Gasteiger partial charge in [-0.3, -0.25) is 4.90 Å². The zero-order valence-corrected chi connectivity index (χ0v) is 13.6. The van der Waals surface area contributed by atoms with Gasteiger partial charge in [0.25, 0.3) is 0 Å². The predicted molar refractivity (Wildman–Crippen MR) is 82.8 cm³/mol. The summed E-state index contributed by atoms with van der Waals surface area (Å²) in [4.78, 5) is 17.1. The van der Waals surface area contributed by atoms with Crippen molar-refractivity contribution in [2.24, 2.45) is 5.92 Å². The van der Waals surface area contributed by atoms with E-state index in [0.29, 0.717) is 18.0 Å². The number of urea groups is 1. The van der Waals surface area contributed by atoms with Crippen LogP contribution < -0.4 is 5.32 Å². The second-order valence-electron chi connectivity index (χ2n) is 7.11. The van der Waals surface area contributed by atoms with Crippen molar-refractivity contribution in [3.63, 3.8) is 0 Å². The number of carbonyl (C=O) groups excluding carboxylic acids is 1. The smallest absolute Gasteiger partial charge is 0.317 e. The van der Waals surface area contributed by atoms with E-state index in [9.17, 15) is 4.79 Å². The van der Waals surface area contributed by atoms with E-state index in [1.165, 1.54) is 25.8 Å². The van der Waals surface area contributed by atoms with Crippen molar-refractivity contribution < 1.29 is 4.79 Å². The molecule has 3 atom stereocenters. The molecule has 0 aromatic carbocycles. The Labute approximate surface area is 123 Å². The molecule has 0 bridgehead atoms. The Balaban J connectivity index is 1.82. The van der Waals surface area contributed by atoms with Crippen molar-refractivity contribution in [2.45, 2.75) is 71.5 Å². The van der Waals surface area contributed by atoms with Gasteiger partial charge >= 0.3 is 6.03 Å². The van der Waals surface area contributed by atoms with Gasteiger partial charge in [0.05, 0.1) is 0 Å². The number of piperazine rings is 1. The van der Waals surface area contributed by atoms with Crippen LogP contribution in [0.25, 0.3) is 0 Å². The summed E-state index contributed by atoms with van der Waals surface area (Å²) in [5.74, 6) is 0.704. The number of nitrogens with one attached hydrogen (secondary N) is 1. The Hall–Kier alpha value is -0.770. The average molecular weight is 281 g/mol. The van der Waals surface area contributed by atoms with Crippen molar-refractivity contribution in [1.29, 1.82) is 0 Å². The highest BCUT2D eigenvalue weighted by Gasteiger charge is 2.36. The van der Waals surface area contributed by atoms with Gasteiger partial charge < -0.3 is 10.2 Å². The number of hydrogen-bond donors (Lipinski definition) is 1. The van der Waals surface area contributed by atoms with Crippen molar-refractivity contribution >= 4 is 6.03 Å². The number of rotatable bonds is 4. The van der Waals surface area contributed by atoms with Gasteiger partial charge in [-0.25, -0.2) is 4.79 Å². The number of fused-ring (bicyclic) bond motifs is 1. The number of hydrogen-bond acceptors (Lipinski definition) is 2. The monoisotopic (exact) mass is 281 g/mol. The first-order valence-corrected chi connectivity index (χ1v) is 8.28. The molecule has 4 heteroatoms. The second kappa shape index (κ2) is 6.79. The highest BCUT2D eigenvalue weighted by atomic mass is 16.2. The first-order valence-electron chi connectivity index (χ1n) is 8.28. The molecular formula is C16H31N3O. The molecule has 116 valence electrons. The summed E-state index contributed by atoms with van der Waals surface area (Å²) in [6.45, 7) is 11.9. The highest BCUT2D eigenvalue weighted by molar-refractivity contribution is 5.75. The van der Waals surface area contributed by atoms with Gasteiger partial charge in [0.1, 0.15) is 0 Å². The zero-order valence-electron chi connectivity index (χ0n) is 13.6. The van der Waals surface area contributed by atoms with Gasteiger partial charge in [-0.2, -0.15) is 0 Å². The molecule has 2 rings (SSSR count). The first-order chi connectivity index (χ1) is 9.47. The topological polar surface area (TPSA) is 35.6 Å². The van der Waals surface area contributed by atoms with E-state index in [1.807, 2.05) is 0 Å². The lowest BCUT2D eigenvalue weighted by atomic mass is 10.0. The molecule has 0 aromatic rings. The summed E-state index contributed by atoms with van der Waals surface area (Å²) in [6.07, 6.45) is 4.78. The van der Waals surface area contributed by atoms with Crippen LogP contribution in [-0.2, 0) is 0 Å². The lowest BCUT2D eigenvalue weighted by molar-refractivity contribution is 0.0791. The molecule has 0 aliphatic carbocycles. The molecule has 4 nitrogen and oxygen atoms in total. The fraction of sp³-hybridized carbons (Fsp3) is 0.938. The summed E-state index contributed by atoms with van der Waals surface area (Å²) >= 11 is 0. The van der Waals surface area contributed by atoms with Crippen LogP contribution in [-0.4, -0.2) is 53.6 Å². The zero-order chi connectivity index (χ0) is 14.7. The summed E-state index contributed by atoms with van der Waals surface area (Å²) in [5, 5.41) is 3.18. The third-order valence-electron chi connectivity index (χ3n) is 4.75. The Kier molecular flexibility index (Phi) is 5.30. The van der Waals surface area contributed by atoms with Gasteiger partial charge in [0.15, 0.2) is 0 Å². The quantitative estimate of drug-likeness (QED) is 0.860. The maximum atomic E-state index is 12.4. The predicted octanol–water partition coefficient (Wildman–Crippen LogP) is 2.69. The standard InChI is InChI=1S/C16H31N3O/c1-12(2)7-8-13(3)17-16(20)19-11-15-6-5-9-18(15)10-14(19)4/h12-15H,5-11H2,1-4H3,(H,17,20)/t13-,14+,15-/m0/s1. The molecule has 2 aliphatic rings. The molecule has 0 unspecified atom stereocenters. The Morgan fingerprint density at radius 3 is 2.70 bits per heavy atom. The molecule has 2 heterocycles. The van der Waals surface area contributed by atoms with Crippen LogP contribution >= 0.6 is 0 Å². The minimum absolute atomic E-state index is 0.139. The largest absolute Gasteiger partial charge is 0.336 e. The minimum Gasteiger partial charge on any atom is -0.336 e. The van der Waals surface area contributed by atoms with Crippen LogP contribution in [0, 0.1) is 5.92 Å². The van der Waals surface area contributed by atoms with E-state index in [4.69, 9.17) is 0 Å². The maximum Gasteiger partial charge on any atom is 0.317 e. The molecule has 0 radical (unpaired) electrons. The molecule has 0 aromatic heterocycles. The summed E-state index contributed by atoms with van der Waals surface area (Å²) in [6, 6.07) is 1.35. The highest BCUT2D eigenvalue weighted by Crippen LogP contribution is 2.24. The van der Waals surface area contributed by atoms with Crippen LogP contribution in [0.5, 0.6) is 0 Å². The molecule has 2 aliphatic heterocycles. The maximum absolute atomic E-state index is 12.4. The number of amides is 2. The van der Waals surface area contributed by atoms with Crippen LogP contribution in [0.15, 0.2) is 0 Å². The second-order valence-corrected chi connectivity index (χ2v) is 7.11. The minimum atomic E-state index is 0.139. The Morgan fingerprint density at radius 1 is 1.25 bits per heavy atom. The molecule has 0 spiro atoms. The lowest BCUT2D eigenvalue weighted by Gasteiger charge is -2.42. The average Bonchev–Trinajstić information content (AvgIpc) is 2.82. The van der Waals surface area contributed by atoms with Crippen LogP contribution in [0.4, 0.5) is 4.79 Å². The molecule has 2 saturated heterocycles. The Bertz CT molecular complexity index is 332. The third-order valence-corrected chi connectivity index (χ3v) is 4.75. The molecule has 0 saturated carbocycles. The van der Waals surface area contributed by atoms with E-state index in [-0.39, 0.29) is 12.1 Å². The van der Waals surface area contributed by atoms with Crippen molar-refractivity contribution in [2.75, 3.05) is 19.6 Å². The molecule has 2 amide bonds. The van der Waals surface area contributed by atoms with Crippen molar-refractivity contribution in [3.05, 3.63) is 0 Å². The first kappa shape index (κ1) is 15.6. The lowest BCUT2D eigenvalue weighted by Crippen LogP contribution is -2.59. The summed E-state index contributed by atoms with van der Waals surface area (Å²) in [7, 11) is 0. The Morgan fingerprint density at radius 2 is 2.00 bits per heavy atom. The SMILES string of the molecule is CC(C)CC[C@H](C)NC(=O)N1C[C@@H]2CCCN2C[C@H]1C. The van der Waals surface area contributed by atoms with Gasteiger partial charge in [-0.15, -0.1) is 0 Å². The van der Waals surface area contributed by atoms with Gasteiger partial charge in [-0.05, 0) is 52.0 Å². The van der Waals surface area contributed by atoms with Crippen LogP contribution in [0.2, 0.25) is 0 Å². The molecular weight excluding hydrogens is 250 g/mol. The van der Waals surface area contributed by atoms with Crippen LogP contribution in [0.3, 0.4) is 0 Å². The van der Waals surface area contributed by atoms with E-state index in [2.05, 4.69) is 42.8 Å². The van der Waals surface area contributed by atoms with E-state index in [0.717, 1.165) is 19.5 Å². The van der Waals surface area contributed by atoms with Crippen LogP contribution in [0.1, 0.15) is 53.4 Å². The number of nitrogens with zero attached hydrogens (tertiary/aromatic N) is 2. The van der Waals surface area contributed by atoms with E-state index in [1.54, 1.807) is 0 Å². The summed E-state index contributed by atoms with van der Waals surface area (Å²) in [5.41, 5.74) is 0. The van der Waals surface area contributed by atoms with Gasteiger partial charge in [0.2, 0.25) is 0 Å². The molecule has 2 fully saturated rings. The summed E-state index contributed by atoms with van der Waals surface area (Å²) < 4.78 is 0. The van der Waals surface area contributed by atoms with Crippen molar-refractivity contribution in [1.82, 2.24) is 15.1 Å². The van der Waals surface area contributed by atoms with Gasteiger partial charge in [0, 0.05) is 31.2 Å². The van der Waals surface area contributed by atoms with Gasteiger partial charge in [-0.1, -0.05) is 13.8 Å². The van der Waals surface area contributed by atoms with Crippen molar-refractivity contribution in [3.8, 4) is 0 Å².